The molecule has 2 aromatic carbocycles. The van der Waals surface area contributed by atoms with Gasteiger partial charge in [0.1, 0.15) is 5.75 Å². The van der Waals surface area contributed by atoms with Gasteiger partial charge in [0.05, 0.1) is 12.1 Å². The maximum atomic E-state index is 12.3. The summed E-state index contributed by atoms with van der Waals surface area (Å²) in [7, 11) is 0. The van der Waals surface area contributed by atoms with Crippen molar-refractivity contribution in [2.75, 3.05) is 6.61 Å². The van der Waals surface area contributed by atoms with Crippen molar-refractivity contribution in [2.24, 2.45) is 10.2 Å². The molecule has 0 fully saturated rings. The van der Waals surface area contributed by atoms with Crippen molar-refractivity contribution in [3.8, 4) is 11.6 Å². The van der Waals surface area contributed by atoms with Crippen LogP contribution in [0.15, 0.2) is 51.1 Å². The fraction of sp³-hybridized carbons (Fsp3) is 0.464. The highest BCUT2D eigenvalue weighted by atomic mass is 79.9. The number of benzene rings is 2. The minimum absolute atomic E-state index is 0.0183. The molecule has 0 saturated carbocycles. The summed E-state index contributed by atoms with van der Waals surface area (Å²) in [5, 5.41) is 18.6. The Balaban J connectivity index is 1.64. The number of rotatable bonds is 10. The van der Waals surface area contributed by atoms with Crippen LogP contribution in [0.4, 0.5) is 5.69 Å². The molecule has 2 N–H and O–H groups in total. The summed E-state index contributed by atoms with van der Waals surface area (Å²) >= 11 is 3.41. The molecule has 0 radical (unpaired) electrons. The Hall–Kier alpha value is -2.67. The van der Waals surface area contributed by atoms with Crippen LogP contribution in [0.3, 0.4) is 0 Å². The third-order valence-corrected chi connectivity index (χ3v) is 7.52. The Morgan fingerprint density at radius 3 is 2.46 bits per heavy atom. The first-order valence-electron chi connectivity index (χ1n) is 12.2. The third kappa shape index (κ3) is 6.31. The summed E-state index contributed by atoms with van der Waals surface area (Å²) in [5.74, 6) is 0.404. The van der Waals surface area contributed by atoms with E-state index in [0.717, 1.165) is 28.6 Å². The first kappa shape index (κ1) is 26.9. The summed E-state index contributed by atoms with van der Waals surface area (Å²) in [4.78, 5) is 15.1. The van der Waals surface area contributed by atoms with E-state index in [0.29, 0.717) is 18.4 Å². The normalized spacial score (nSPS) is 12.5. The van der Waals surface area contributed by atoms with Gasteiger partial charge in [-0.3, -0.25) is 4.79 Å². The molecule has 0 saturated heterocycles. The number of carbonyl (C=O) groups is 1. The van der Waals surface area contributed by atoms with E-state index in [4.69, 9.17) is 4.74 Å². The number of nitrogens with one attached hydrogen (secondary N) is 1. The Morgan fingerprint density at radius 1 is 1.06 bits per heavy atom. The molecule has 7 heteroatoms. The summed E-state index contributed by atoms with van der Waals surface area (Å²) in [6.45, 7) is 13.8. The van der Waals surface area contributed by atoms with Crippen molar-refractivity contribution in [1.29, 1.82) is 0 Å². The number of fused-ring (bicyclic) bond motifs is 1. The van der Waals surface area contributed by atoms with E-state index < -0.39 is 0 Å². The number of aromatic nitrogens is 1. The van der Waals surface area contributed by atoms with Gasteiger partial charge in [0.2, 0.25) is 5.88 Å². The van der Waals surface area contributed by atoms with Gasteiger partial charge in [-0.25, -0.2) is 0 Å². The van der Waals surface area contributed by atoms with Crippen LogP contribution in [0.2, 0.25) is 0 Å². The van der Waals surface area contributed by atoms with Crippen molar-refractivity contribution in [3.63, 3.8) is 0 Å². The predicted octanol–water partition coefficient (Wildman–Crippen LogP) is 8.48. The smallest absolute Gasteiger partial charge is 0.264 e. The molecule has 3 aromatic rings. The zero-order chi connectivity index (χ0) is 25.8. The van der Waals surface area contributed by atoms with Crippen LogP contribution in [0.5, 0.6) is 11.6 Å². The van der Waals surface area contributed by atoms with Crippen LogP contribution in [-0.2, 0) is 15.6 Å². The molecular formula is C28H36BrN3O3. The first-order chi connectivity index (χ1) is 16.5. The van der Waals surface area contributed by atoms with E-state index in [1.165, 1.54) is 11.1 Å². The molecule has 0 unspecified atom stereocenters. The molecule has 0 aliphatic heterocycles. The summed E-state index contributed by atoms with van der Waals surface area (Å²) in [6.07, 6.45) is 2.79. The molecule has 0 spiro atoms. The summed E-state index contributed by atoms with van der Waals surface area (Å²) in [5.41, 5.74) is 3.57. The number of carbonyl (C=O) groups excluding carboxylic acids is 1. The number of H-pyrrole nitrogens is 1. The number of aromatic amines is 1. The number of nitrogens with zero attached hydrogens (tertiary/aromatic N) is 2. The van der Waals surface area contributed by atoms with Crippen molar-refractivity contribution in [1.82, 2.24) is 4.98 Å². The molecule has 0 aliphatic rings. The second-order valence-electron chi connectivity index (χ2n) is 10.2. The second-order valence-corrected chi connectivity index (χ2v) is 11.2. The lowest BCUT2D eigenvalue weighted by atomic mass is 9.76. The Kier molecular flexibility index (Phi) is 8.42. The molecule has 0 atom stereocenters. The molecule has 1 heterocycles. The van der Waals surface area contributed by atoms with Gasteiger partial charge in [0.15, 0.2) is 5.69 Å². The zero-order valence-electron chi connectivity index (χ0n) is 21.5. The van der Waals surface area contributed by atoms with Crippen molar-refractivity contribution in [3.05, 3.63) is 52.0 Å². The number of hydrogen-bond acceptors (Lipinski definition) is 4. The zero-order valence-corrected chi connectivity index (χ0v) is 23.1. The average molecular weight is 543 g/mol. The van der Waals surface area contributed by atoms with Crippen molar-refractivity contribution >= 4 is 38.4 Å². The molecule has 3 rings (SSSR count). The first-order valence-corrected chi connectivity index (χ1v) is 13.0. The highest BCUT2D eigenvalue weighted by Gasteiger charge is 2.26. The molecule has 188 valence electrons. The molecular weight excluding hydrogens is 506 g/mol. The van der Waals surface area contributed by atoms with Gasteiger partial charge in [-0.15, -0.1) is 10.2 Å². The Labute approximate surface area is 216 Å². The van der Waals surface area contributed by atoms with E-state index in [1.54, 1.807) is 0 Å². The van der Waals surface area contributed by atoms with Crippen LogP contribution in [-0.4, -0.2) is 22.6 Å². The van der Waals surface area contributed by atoms with E-state index >= 15 is 0 Å². The lowest BCUT2D eigenvalue weighted by molar-refractivity contribution is -0.118. The van der Waals surface area contributed by atoms with E-state index in [-0.39, 0.29) is 34.7 Å². The minimum atomic E-state index is -0.355. The van der Waals surface area contributed by atoms with Gasteiger partial charge in [0, 0.05) is 21.8 Å². The Bertz CT molecular complexity index is 1230. The van der Waals surface area contributed by atoms with Crippen LogP contribution in [0.25, 0.3) is 10.9 Å². The van der Waals surface area contributed by atoms with Crippen LogP contribution < -0.4 is 4.74 Å². The van der Waals surface area contributed by atoms with Crippen molar-refractivity contribution < 1.29 is 14.6 Å². The molecule has 35 heavy (non-hydrogen) atoms. The van der Waals surface area contributed by atoms with Crippen molar-refractivity contribution in [2.45, 2.75) is 78.1 Å². The van der Waals surface area contributed by atoms with Crippen LogP contribution >= 0.6 is 15.9 Å². The predicted molar refractivity (Wildman–Crippen MR) is 145 cm³/mol. The largest absolute Gasteiger partial charge is 0.493 e. The van der Waals surface area contributed by atoms with Gasteiger partial charge in [-0.1, -0.05) is 69.6 Å². The van der Waals surface area contributed by atoms with Crippen LogP contribution in [0.1, 0.15) is 78.4 Å². The highest BCUT2D eigenvalue weighted by Crippen LogP contribution is 2.39. The molecule has 1 aromatic heterocycles. The van der Waals surface area contributed by atoms with Gasteiger partial charge >= 0.3 is 0 Å². The van der Waals surface area contributed by atoms with Gasteiger partial charge in [-0.2, -0.15) is 0 Å². The standard InChI is InChI=1S/C28H36BrN3O3/c1-7-27(3,4)18-11-14-23(21(16-18)28(5,6)8-2)35-15-9-10-24(33)31-32-25-20-17-19(29)12-13-22(20)30-26(25)34/h11-14,16-17,30,34H,7-10,15H2,1-6H3. The fourth-order valence-electron chi connectivity index (χ4n) is 3.80. The summed E-state index contributed by atoms with van der Waals surface area (Å²) < 4.78 is 6.99. The maximum Gasteiger partial charge on any atom is 0.264 e. The van der Waals surface area contributed by atoms with Gasteiger partial charge in [0.25, 0.3) is 5.91 Å². The molecule has 6 nitrogen and oxygen atoms in total. The lowest BCUT2D eigenvalue weighted by Crippen LogP contribution is -2.21. The third-order valence-electron chi connectivity index (χ3n) is 7.03. The average Bonchev–Trinajstić information content (AvgIpc) is 3.14. The number of halogens is 1. The molecule has 1 amide bonds. The number of ether oxygens (including phenoxy) is 1. The van der Waals surface area contributed by atoms with E-state index in [9.17, 15) is 9.90 Å². The van der Waals surface area contributed by atoms with E-state index in [2.05, 4.69) is 90.9 Å². The SMILES string of the molecule is CCC(C)(C)c1ccc(OCCCC(=O)N=Nc2c(O)[nH]c3ccc(Br)cc23)c(C(C)(C)CC)c1. The maximum absolute atomic E-state index is 12.3. The van der Waals surface area contributed by atoms with Crippen LogP contribution in [0, 0.1) is 0 Å². The topological polar surface area (TPSA) is 87.0 Å². The summed E-state index contributed by atoms with van der Waals surface area (Å²) in [6, 6.07) is 12.0. The van der Waals surface area contributed by atoms with Gasteiger partial charge in [-0.05, 0) is 59.9 Å². The quantitative estimate of drug-likeness (QED) is 0.199. The number of amides is 1. The monoisotopic (exact) mass is 541 g/mol. The minimum Gasteiger partial charge on any atom is -0.493 e. The second kappa shape index (κ2) is 10.9. The molecule has 0 aliphatic carbocycles. The highest BCUT2D eigenvalue weighted by molar-refractivity contribution is 9.10. The van der Waals surface area contributed by atoms with E-state index in [1.807, 2.05) is 18.2 Å². The Morgan fingerprint density at radius 2 is 1.77 bits per heavy atom. The molecule has 0 bridgehead atoms. The number of aromatic hydroxyl groups is 1. The number of azo groups is 1. The van der Waals surface area contributed by atoms with Gasteiger partial charge < -0.3 is 14.8 Å². The number of hydrogen-bond donors (Lipinski definition) is 2. The lowest BCUT2D eigenvalue weighted by Gasteiger charge is -2.30. The fourth-order valence-corrected chi connectivity index (χ4v) is 4.16.